The number of halogens is 2. The van der Waals surface area contributed by atoms with Gasteiger partial charge in [0.1, 0.15) is 5.75 Å². The molecule has 6 nitrogen and oxygen atoms in total. The summed E-state index contributed by atoms with van der Waals surface area (Å²) in [5.41, 5.74) is 7.42. The van der Waals surface area contributed by atoms with E-state index in [0.717, 1.165) is 11.1 Å². The second-order valence-electron chi connectivity index (χ2n) is 7.42. The van der Waals surface area contributed by atoms with E-state index in [1.807, 2.05) is 26.8 Å². The minimum absolute atomic E-state index is 0.0474. The quantitative estimate of drug-likeness (QED) is 0.451. The third-order valence-corrected chi connectivity index (χ3v) is 5.27. The number of ether oxygens (including phenoxy) is 1. The zero-order valence-corrected chi connectivity index (χ0v) is 18.4. The lowest BCUT2D eigenvalue weighted by Crippen LogP contribution is -2.34. The van der Waals surface area contributed by atoms with Crippen LogP contribution in [0.15, 0.2) is 47.3 Å². The van der Waals surface area contributed by atoms with Crippen molar-refractivity contribution in [2.45, 2.75) is 45.7 Å². The smallest absolute Gasteiger partial charge is 0.218 e. The van der Waals surface area contributed by atoms with Gasteiger partial charge in [0.05, 0.1) is 11.2 Å². The molecule has 2 aromatic carbocycles. The van der Waals surface area contributed by atoms with Crippen LogP contribution < -0.4 is 15.8 Å². The fourth-order valence-electron chi connectivity index (χ4n) is 3.48. The van der Waals surface area contributed by atoms with Gasteiger partial charge in [-0.2, -0.15) is 0 Å². The molecule has 31 heavy (non-hydrogen) atoms. The Morgan fingerprint density at radius 3 is 2.74 bits per heavy atom. The predicted molar refractivity (Wildman–Crippen MR) is 118 cm³/mol. The Kier molecular flexibility index (Phi) is 7.30. The Morgan fingerprint density at radius 2 is 2.13 bits per heavy atom. The summed E-state index contributed by atoms with van der Waals surface area (Å²) in [6.07, 6.45) is 3.75. The molecule has 0 aliphatic carbocycles. The third kappa shape index (κ3) is 5.42. The Labute approximate surface area is 185 Å². The molecule has 0 bridgehead atoms. The number of aromatic nitrogens is 1. The average Bonchev–Trinajstić information content (AvgIpc) is 3.24. The third-order valence-electron chi connectivity index (χ3n) is 4.97. The van der Waals surface area contributed by atoms with Crippen molar-refractivity contribution in [1.82, 2.24) is 10.3 Å². The molecule has 1 heterocycles. The number of primary amides is 1. The van der Waals surface area contributed by atoms with Crippen LogP contribution in [-0.2, 0) is 4.79 Å². The number of nitrogens with one attached hydrogen (secondary N) is 1. The monoisotopic (exact) mass is 445 g/mol. The first-order valence-electron chi connectivity index (χ1n) is 9.99. The first-order valence-corrected chi connectivity index (χ1v) is 10.4. The molecule has 3 N–H and O–H groups in total. The van der Waals surface area contributed by atoms with Crippen molar-refractivity contribution in [3.8, 4) is 22.8 Å². The van der Waals surface area contributed by atoms with E-state index in [0.29, 0.717) is 23.5 Å². The van der Waals surface area contributed by atoms with Gasteiger partial charge < -0.3 is 20.2 Å². The van der Waals surface area contributed by atoms with Crippen molar-refractivity contribution >= 4 is 17.5 Å². The van der Waals surface area contributed by atoms with Crippen LogP contribution in [0.2, 0.25) is 5.02 Å². The molecular formula is C23H25ClFN3O3. The van der Waals surface area contributed by atoms with Crippen LogP contribution in [-0.4, -0.2) is 16.9 Å². The fourth-order valence-corrected chi connectivity index (χ4v) is 3.67. The Morgan fingerprint density at radius 1 is 1.35 bits per heavy atom. The molecule has 2 atom stereocenters. The zero-order chi connectivity index (χ0) is 22.5. The van der Waals surface area contributed by atoms with Gasteiger partial charge in [-0.05, 0) is 50.1 Å². The Bertz CT molecular complexity index is 1060. The summed E-state index contributed by atoms with van der Waals surface area (Å²) >= 11 is 6.26. The molecule has 3 aromatic rings. The summed E-state index contributed by atoms with van der Waals surface area (Å²) in [5.74, 6) is 0.0718. The molecule has 3 rings (SSSR count). The number of hydrogen-bond acceptors (Lipinski definition) is 5. The number of rotatable bonds is 9. The van der Waals surface area contributed by atoms with E-state index in [1.54, 1.807) is 30.5 Å². The normalized spacial score (nSPS) is 13.1. The number of nitrogens with two attached hydrogens (primary N) is 1. The lowest BCUT2D eigenvalue weighted by Gasteiger charge is -2.23. The Balaban J connectivity index is 1.87. The van der Waals surface area contributed by atoms with E-state index >= 15 is 4.39 Å². The van der Waals surface area contributed by atoms with Crippen LogP contribution in [0.1, 0.15) is 43.9 Å². The molecular weight excluding hydrogens is 421 g/mol. The highest BCUT2D eigenvalue weighted by atomic mass is 35.5. The number of benzene rings is 2. The molecule has 0 aliphatic rings. The second-order valence-corrected chi connectivity index (χ2v) is 7.83. The van der Waals surface area contributed by atoms with E-state index in [1.165, 1.54) is 6.39 Å². The number of hydrogen-bond donors (Lipinski definition) is 2. The molecule has 0 aliphatic heterocycles. The lowest BCUT2D eigenvalue weighted by atomic mass is 10.0. The standard InChI is InChI=1S/C23H25ClFN3O3/c1-4-19(28-14(3)10-21(26)29)17-7-8-18(24)23(22(17)25)31-15-5-6-16(13(2)9-15)20-11-27-12-30-20/h5-9,11-12,14,19,28H,4,10H2,1-3H3,(H2,26,29)/t14-,19+/m0/s1. The van der Waals surface area contributed by atoms with Crippen molar-refractivity contribution in [3.05, 3.63) is 64.9 Å². The number of amides is 1. The number of carbonyl (C=O) groups is 1. The average molecular weight is 446 g/mol. The number of carbonyl (C=O) groups excluding carboxylic acids is 1. The number of nitrogens with zero attached hydrogens (tertiary/aromatic N) is 1. The summed E-state index contributed by atoms with van der Waals surface area (Å²) in [6.45, 7) is 5.66. The van der Waals surface area contributed by atoms with Crippen LogP contribution in [0.4, 0.5) is 4.39 Å². The van der Waals surface area contributed by atoms with Crippen LogP contribution in [0, 0.1) is 12.7 Å². The molecule has 0 saturated heterocycles. The van der Waals surface area contributed by atoms with Crippen LogP contribution >= 0.6 is 11.6 Å². The molecule has 164 valence electrons. The van der Waals surface area contributed by atoms with Crippen LogP contribution in [0.3, 0.4) is 0 Å². The van der Waals surface area contributed by atoms with E-state index < -0.39 is 11.7 Å². The molecule has 8 heteroatoms. The minimum Gasteiger partial charge on any atom is -0.453 e. The maximum absolute atomic E-state index is 15.4. The Hall–Kier alpha value is -2.90. The van der Waals surface area contributed by atoms with Gasteiger partial charge in [-0.25, -0.2) is 9.37 Å². The summed E-state index contributed by atoms with van der Waals surface area (Å²) < 4.78 is 26.6. The van der Waals surface area contributed by atoms with Gasteiger partial charge >= 0.3 is 0 Å². The van der Waals surface area contributed by atoms with Crippen molar-refractivity contribution in [3.63, 3.8) is 0 Å². The molecule has 0 spiro atoms. The number of aryl methyl sites for hydroxylation is 1. The first kappa shape index (κ1) is 22.8. The number of oxazole rings is 1. The van der Waals surface area contributed by atoms with Crippen molar-refractivity contribution in [1.29, 1.82) is 0 Å². The second kappa shape index (κ2) is 9.94. The first-order chi connectivity index (χ1) is 14.8. The van der Waals surface area contributed by atoms with E-state index in [4.69, 9.17) is 26.5 Å². The van der Waals surface area contributed by atoms with E-state index in [9.17, 15) is 4.79 Å². The highest BCUT2D eigenvalue weighted by Crippen LogP contribution is 2.37. The zero-order valence-electron chi connectivity index (χ0n) is 17.6. The summed E-state index contributed by atoms with van der Waals surface area (Å²) in [6, 6.07) is 8.03. The van der Waals surface area contributed by atoms with Gasteiger partial charge in [0.2, 0.25) is 5.91 Å². The molecule has 0 radical (unpaired) electrons. The molecule has 0 fully saturated rings. The van der Waals surface area contributed by atoms with Gasteiger partial charge in [-0.3, -0.25) is 4.79 Å². The van der Waals surface area contributed by atoms with Crippen molar-refractivity contribution in [2.24, 2.45) is 5.73 Å². The van der Waals surface area contributed by atoms with E-state index in [-0.39, 0.29) is 29.3 Å². The minimum atomic E-state index is -0.546. The van der Waals surface area contributed by atoms with Crippen molar-refractivity contribution in [2.75, 3.05) is 0 Å². The lowest BCUT2D eigenvalue weighted by molar-refractivity contribution is -0.118. The summed E-state index contributed by atoms with van der Waals surface area (Å²) in [5, 5.41) is 3.41. The van der Waals surface area contributed by atoms with Gasteiger partial charge in [-0.15, -0.1) is 0 Å². The van der Waals surface area contributed by atoms with Crippen molar-refractivity contribution < 1.29 is 18.3 Å². The molecule has 0 saturated carbocycles. The van der Waals surface area contributed by atoms with Crippen LogP contribution in [0.5, 0.6) is 11.5 Å². The van der Waals surface area contributed by atoms with Gasteiger partial charge in [0.25, 0.3) is 0 Å². The highest BCUT2D eigenvalue weighted by molar-refractivity contribution is 6.32. The highest BCUT2D eigenvalue weighted by Gasteiger charge is 2.22. The van der Waals surface area contributed by atoms with E-state index in [2.05, 4.69) is 10.3 Å². The topological polar surface area (TPSA) is 90.4 Å². The molecule has 1 amide bonds. The fraction of sp³-hybridized carbons (Fsp3) is 0.304. The van der Waals surface area contributed by atoms with Crippen LogP contribution in [0.25, 0.3) is 11.3 Å². The predicted octanol–water partition coefficient (Wildman–Crippen LogP) is 5.54. The maximum atomic E-state index is 15.4. The van der Waals surface area contributed by atoms with Gasteiger partial charge in [0, 0.05) is 29.6 Å². The SMILES string of the molecule is CC[C@@H](N[C@@H](C)CC(N)=O)c1ccc(Cl)c(Oc2ccc(-c3cnco3)c(C)c2)c1F. The van der Waals surface area contributed by atoms with Gasteiger partial charge in [0.15, 0.2) is 23.7 Å². The van der Waals surface area contributed by atoms with Gasteiger partial charge in [-0.1, -0.05) is 24.6 Å². The summed E-state index contributed by atoms with van der Waals surface area (Å²) in [7, 11) is 0. The molecule has 0 unspecified atom stereocenters. The molecule has 1 aromatic heterocycles. The maximum Gasteiger partial charge on any atom is 0.218 e. The largest absolute Gasteiger partial charge is 0.453 e. The summed E-state index contributed by atoms with van der Waals surface area (Å²) in [4.78, 5) is 15.1.